The Bertz CT molecular complexity index is 1420. The van der Waals surface area contributed by atoms with Crippen molar-refractivity contribution >= 4 is 23.2 Å². The van der Waals surface area contributed by atoms with E-state index in [-0.39, 0.29) is 28.8 Å². The van der Waals surface area contributed by atoms with Crippen molar-refractivity contribution in [2.24, 2.45) is 5.41 Å². The van der Waals surface area contributed by atoms with Crippen LogP contribution < -0.4 is 15.5 Å². The lowest BCUT2D eigenvalue weighted by atomic mass is 9.86. The number of nitrogens with one attached hydrogen (secondary N) is 2. The summed E-state index contributed by atoms with van der Waals surface area (Å²) in [4.78, 5) is 31.8. The maximum absolute atomic E-state index is 13.1. The van der Waals surface area contributed by atoms with Gasteiger partial charge < -0.3 is 20.1 Å². The number of hydrogen-bond donors (Lipinski definition) is 2. The predicted octanol–water partition coefficient (Wildman–Crippen LogP) is 5.79. The van der Waals surface area contributed by atoms with E-state index in [2.05, 4.69) is 56.4 Å². The third-order valence-electron chi connectivity index (χ3n) is 7.68. The summed E-state index contributed by atoms with van der Waals surface area (Å²) < 4.78 is 44.2. The van der Waals surface area contributed by atoms with Gasteiger partial charge in [0.1, 0.15) is 23.7 Å². The van der Waals surface area contributed by atoms with Crippen LogP contribution in [0.25, 0.3) is 11.6 Å². The van der Waals surface area contributed by atoms with Crippen molar-refractivity contribution in [3.63, 3.8) is 0 Å². The van der Waals surface area contributed by atoms with Crippen molar-refractivity contribution in [3.8, 4) is 11.6 Å². The summed E-state index contributed by atoms with van der Waals surface area (Å²) in [6.07, 6.45) is 0.214. The van der Waals surface area contributed by atoms with Crippen molar-refractivity contribution in [1.29, 1.82) is 0 Å². The lowest BCUT2D eigenvalue weighted by Gasteiger charge is -2.35. The number of carbonyl (C=O) groups is 1. The minimum absolute atomic E-state index is 0.0315. The number of hydrogen-bond acceptors (Lipinski definition) is 9. The van der Waals surface area contributed by atoms with Gasteiger partial charge in [-0.15, -0.1) is 0 Å². The smallest absolute Gasteiger partial charge is 0.384 e. The molecule has 2 aliphatic rings. The first kappa shape index (κ1) is 28.7. The first-order valence-corrected chi connectivity index (χ1v) is 13.8. The van der Waals surface area contributed by atoms with Gasteiger partial charge >= 0.3 is 6.18 Å². The van der Waals surface area contributed by atoms with Crippen molar-refractivity contribution in [1.82, 2.24) is 25.1 Å². The Morgan fingerprint density at radius 1 is 1.12 bits per heavy atom. The van der Waals surface area contributed by atoms with Gasteiger partial charge in [-0.2, -0.15) is 18.2 Å². The summed E-state index contributed by atoms with van der Waals surface area (Å²) in [6, 6.07) is 3.43. The van der Waals surface area contributed by atoms with E-state index in [4.69, 9.17) is 9.51 Å². The second kappa shape index (κ2) is 10.6. The molecule has 0 bridgehead atoms. The van der Waals surface area contributed by atoms with Crippen LogP contribution in [0.5, 0.6) is 0 Å². The van der Waals surface area contributed by atoms with Gasteiger partial charge in [-0.05, 0) is 57.1 Å². The molecule has 3 aromatic heterocycles. The van der Waals surface area contributed by atoms with Crippen LogP contribution in [0.3, 0.4) is 0 Å². The van der Waals surface area contributed by atoms with E-state index in [1.54, 1.807) is 6.07 Å². The highest BCUT2D eigenvalue weighted by molar-refractivity contribution is 6.06. The Balaban J connectivity index is 1.38. The van der Waals surface area contributed by atoms with Crippen LogP contribution in [-0.2, 0) is 16.4 Å². The fourth-order valence-corrected chi connectivity index (χ4v) is 5.37. The highest BCUT2D eigenvalue weighted by Crippen LogP contribution is 2.43. The molecule has 0 unspecified atom stereocenters. The molecule has 1 saturated heterocycles. The second-order valence-electron chi connectivity index (χ2n) is 12.4. The van der Waals surface area contributed by atoms with Crippen LogP contribution in [0.4, 0.5) is 30.5 Å². The number of nitrogens with zero attached hydrogens (tertiary/aromatic N) is 6. The standard InChI is InChI=1S/C28H35F3N8O2/c1-26(2,3)11-6-12-32-17-7-8-18(23-37-24(38-41-23)28(29,30)31)35-20(17)16-9-13-39(14-10-16)22-19-21(33-15-34-22)36-25(40)27(19,4)5/h7-8,15-16,32H,6,9-14H2,1-5H3,(H,33,34,36,40). The van der Waals surface area contributed by atoms with Gasteiger partial charge in [0, 0.05) is 25.6 Å². The number of piperidine rings is 1. The fraction of sp³-hybridized carbons (Fsp3) is 0.571. The van der Waals surface area contributed by atoms with E-state index in [0.717, 1.165) is 55.0 Å². The molecule has 0 aromatic carbocycles. The summed E-state index contributed by atoms with van der Waals surface area (Å²) in [6.45, 7) is 12.4. The monoisotopic (exact) mass is 572 g/mol. The number of alkyl halides is 3. The van der Waals surface area contributed by atoms with Crippen molar-refractivity contribution in [3.05, 3.63) is 35.5 Å². The maximum atomic E-state index is 13.1. The Morgan fingerprint density at radius 2 is 1.85 bits per heavy atom. The molecular formula is C28H35F3N8O2. The number of amides is 1. The van der Waals surface area contributed by atoms with Gasteiger partial charge in [0.05, 0.1) is 22.4 Å². The van der Waals surface area contributed by atoms with Crippen molar-refractivity contribution in [2.75, 3.05) is 35.2 Å². The molecule has 0 saturated carbocycles. The highest BCUT2D eigenvalue weighted by atomic mass is 19.4. The fourth-order valence-electron chi connectivity index (χ4n) is 5.37. The molecule has 10 nitrogen and oxygen atoms in total. The predicted molar refractivity (Wildman–Crippen MR) is 148 cm³/mol. The molecular weight excluding hydrogens is 537 g/mol. The Labute approximate surface area is 236 Å². The van der Waals surface area contributed by atoms with E-state index >= 15 is 0 Å². The zero-order valence-electron chi connectivity index (χ0n) is 23.9. The molecule has 0 radical (unpaired) electrons. The molecule has 220 valence electrons. The van der Waals surface area contributed by atoms with Gasteiger partial charge in [0.25, 0.3) is 11.7 Å². The highest BCUT2D eigenvalue weighted by Gasteiger charge is 2.43. The van der Waals surface area contributed by atoms with Crippen LogP contribution in [0.2, 0.25) is 0 Å². The second-order valence-corrected chi connectivity index (χ2v) is 12.4. The third kappa shape index (κ3) is 5.98. The summed E-state index contributed by atoms with van der Waals surface area (Å²) in [5.74, 6) is -0.398. The molecule has 3 aromatic rings. The van der Waals surface area contributed by atoms with Gasteiger partial charge in [-0.25, -0.2) is 15.0 Å². The van der Waals surface area contributed by atoms with Crippen LogP contribution in [0.1, 0.15) is 83.3 Å². The number of rotatable bonds is 7. The van der Waals surface area contributed by atoms with E-state index in [1.165, 1.54) is 6.33 Å². The summed E-state index contributed by atoms with van der Waals surface area (Å²) in [5, 5.41) is 9.43. The van der Waals surface area contributed by atoms with Gasteiger partial charge in [-0.1, -0.05) is 25.9 Å². The molecule has 13 heteroatoms. The third-order valence-corrected chi connectivity index (χ3v) is 7.68. The molecule has 5 heterocycles. The van der Waals surface area contributed by atoms with Crippen molar-refractivity contribution < 1.29 is 22.5 Å². The number of aromatic nitrogens is 5. The lowest BCUT2D eigenvalue weighted by Crippen LogP contribution is -2.36. The molecule has 2 N–H and O–H groups in total. The molecule has 0 aliphatic carbocycles. The number of halogens is 3. The number of pyridine rings is 1. The quantitative estimate of drug-likeness (QED) is 0.339. The maximum Gasteiger partial charge on any atom is 0.455 e. The first-order valence-electron chi connectivity index (χ1n) is 13.8. The van der Waals surface area contributed by atoms with Crippen LogP contribution in [0, 0.1) is 5.41 Å². The lowest BCUT2D eigenvalue weighted by molar-refractivity contribution is -0.146. The van der Waals surface area contributed by atoms with Gasteiger partial charge in [0.15, 0.2) is 0 Å². The molecule has 2 aliphatic heterocycles. The minimum Gasteiger partial charge on any atom is -0.384 e. The molecule has 1 amide bonds. The topological polar surface area (TPSA) is 122 Å². The van der Waals surface area contributed by atoms with Gasteiger partial charge in [-0.3, -0.25) is 4.79 Å². The summed E-state index contributed by atoms with van der Waals surface area (Å²) >= 11 is 0. The summed E-state index contributed by atoms with van der Waals surface area (Å²) in [5.41, 5.74) is 2.06. The number of anilines is 3. The van der Waals surface area contributed by atoms with E-state index in [0.29, 0.717) is 18.9 Å². The molecule has 0 spiro atoms. The molecule has 5 rings (SSSR count). The zero-order valence-corrected chi connectivity index (χ0v) is 23.9. The normalized spacial score (nSPS) is 17.5. The number of carbonyl (C=O) groups excluding carboxylic acids is 1. The average Bonchev–Trinajstić information content (AvgIpc) is 3.50. The first-order chi connectivity index (χ1) is 19.2. The van der Waals surface area contributed by atoms with E-state index in [1.807, 2.05) is 19.9 Å². The molecule has 1 fully saturated rings. The summed E-state index contributed by atoms with van der Waals surface area (Å²) in [7, 11) is 0. The Hall–Kier alpha value is -3.77. The van der Waals surface area contributed by atoms with Crippen molar-refractivity contribution in [2.45, 2.75) is 77.8 Å². The van der Waals surface area contributed by atoms with Crippen LogP contribution in [-0.4, -0.2) is 50.6 Å². The Kier molecular flexibility index (Phi) is 7.41. The minimum atomic E-state index is -4.71. The van der Waals surface area contributed by atoms with E-state index < -0.39 is 17.4 Å². The largest absolute Gasteiger partial charge is 0.455 e. The molecule has 0 atom stereocenters. The Morgan fingerprint density at radius 3 is 2.51 bits per heavy atom. The SMILES string of the molecule is CC(C)(C)CCCNc1ccc(-c2nc(C(F)(F)F)no2)nc1C1CCN(c2ncnc3c2C(C)(C)C(=O)N3)CC1. The number of fused-ring (bicyclic) bond motifs is 1. The zero-order chi connectivity index (χ0) is 29.6. The average molecular weight is 573 g/mol. The van der Waals surface area contributed by atoms with Crippen LogP contribution >= 0.6 is 0 Å². The van der Waals surface area contributed by atoms with Crippen LogP contribution in [0.15, 0.2) is 23.0 Å². The van der Waals surface area contributed by atoms with E-state index in [9.17, 15) is 18.0 Å². The van der Waals surface area contributed by atoms with Gasteiger partial charge in [0.2, 0.25) is 5.91 Å². The molecule has 41 heavy (non-hydrogen) atoms.